The molecule has 10 nitrogen and oxygen atoms in total. The van der Waals surface area contributed by atoms with E-state index < -0.39 is 75.1 Å². The Morgan fingerprint density at radius 3 is 2.30 bits per heavy atom. The molecule has 14 atom stereocenters. The molecule has 4 aliphatic carbocycles. The Morgan fingerprint density at radius 1 is 0.953 bits per heavy atom. The first-order chi connectivity index (χ1) is 19.5. The van der Waals surface area contributed by atoms with Gasteiger partial charge in [-0.1, -0.05) is 19.9 Å². The van der Waals surface area contributed by atoms with Crippen LogP contribution in [0, 0.1) is 29.1 Å². The minimum atomic E-state index is -2.06. The number of carbonyl (C=O) groups is 1. The topological polar surface area (TPSA) is 160 Å². The number of piperidine rings is 2. The van der Waals surface area contributed by atoms with Gasteiger partial charge in [0.25, 0.3) is 0 Å². The van der Waals surface area contributed by atoms with E-state index in [2.05, 4.69) is 11.8 Å². The first-order valence-corrected chi connectivity index (χ1v) is 16.0. The second-order valence-corrected chi connectivity index (χ2v) is 15.7. The van der Waals surface area contributed by atoms with Crippen LogP contribution in [0.5, 0.6) is 0 Å². The number of nitrogens with zero attached hydrogens (tertiary/aromatic N) is 1. The predicted octanol–water partition coefficient (Wildman–Crippen LogP) is 1.41. The summed E-state index contributed by atoms with van der Waals surface area (Å²) in [5.74, 6) is -4.05. The predicted molar refractivity (Wildman–Crippen MR) is 157 cm³/mol. The smallest absolute Gasteiger partial charge is 0.333 e. The molecule has 11 heteroatoms. The van der Waals surface area contributed by atoms with Crippen molar-refractivity contribution < 1.29 is 44.9 Å². The normalized spacial score (nSPS) is 58.9. The molecule has 43 heavy (non-hydrogen) atoms. The van der Waals surface area contributed by atoms with Gasteiger partial charge in [0.15, 0.2) is 6.10 Å². The highest BCUT2D eigenvalue weighted by Gasteiger charge is 2.88. The van der Waals surface area contributed by atoms with Crippen LogP contribution < -0.4 is 0 Å². The van der Waals surface area contributed by atoms with E-state index in [-0.39, 0.29) is 37.8 Å². The standard InChI is InChI=1S/C32H49NO9.ClH/c1-6-18(3)25(35)41-24-11-12-26(4)19-8-9-20-28(37)13-23(34)31(39)21(29(28,38)16-30(20,26)42-32(19,24)40)15-33-14-17(2)7-10-22(33)27(31,5)36;/h6,17,19-24,34,36-40H,7-16H2,1-5H3;1H/b18-6-;/t17-,19-,20-,21+,22-,23-,24-,26-,27+,28+,29+,30+,31-,32-;/m0./s1. The van der Waals surface area contributed by atoms with Gasteiger partial charge in [-0.2, -0.15) is 0 Å². The number of halogens is 1. The van der Waals surface area contributed by atoms with Crippen LogP contribution in [-0.2, 0) is 14.3 Å². The van der Waals surface area contributed by atoms with Gasteiger partial charge in [-0.15, -0.1) is 12.4 Å². The van der Waals surface area contributed by atoms with Crippen LogP contribution in [0.4, 0.5) is 0 Å². The molecule has 0 aromatic heterocycles. The molecule has 3 heterocycles. The lowest BCUT2D eigenvalue weighted by molar-refractivity contribution is -0.354. The molecular formula is C32H50ClNO9. The fraction of sp³-hybridized carbons (Fsp3) is 0.906. The molecule has 244 valence electrons. The van der Waals surface area contributed by atoms with E-state index in [4.69, 9.17) is 9.47 Å². The van der Waals surface area contributed by atoms with Crippen LogP contribution in [0.25, 0.3) is 0 Å². The number of aliphatic hydroxyl groups excluding tert-OH is 1. The van der Waals surface area contributed by atoms with E-state index in [1.54, 1.807) is 26.8 Å². The Bertz CT molecular complexity index is 1230. The van der Waals surface area contributed by atoms with Crippen LogP contribution >= 0.6 is 12.4 Å². The number of ether oxygens (including phenoxy) is 2. The molecule has 7 rings (SSSR count). The summed E-state index contributed by atoms with van der Waals surface area (Å²) in [5.41, 5.74) is -8.96. The van der Waals surface area contributed by atoms with E-state index in [0.717, 1.165) is 6.42 Å². The van der Waals surface area contributed by atoms with Gasteiger partial charge in [0, 0.05) is 60.7 Å². The molecule has 0 aromatic carbocycles. The fourth-order valence-corrected chi connectivity index (χ4v) is 11.8. The SMILES string of the molecule is C/C=C(/C)C(=O)O[C@H]1CC[C@@]2(C)[C@@H]3CC[C@H]4[C@]5(O)C[C@H](O)[C@@]6(O)[C@H](CN7C[C@@H](C)CC[C@H]7[C@@]6(C)O)[C@]5(O)C[C@@]42O[C@]13O.Cl. The van der Waals surface area contributed by atoms with Gasteiger partial charge in [0.1, 0.15) is 22.4 Å². The monoisotopic (exact) mass is 627 g/mol. The summed E-state index contributed by atoms with van der Waals surface area (Å²) in [4.78, 5) is 14.9. The van der Waals surface area contributed by atoms with Crippen molar-refractivity contribution in [2.75, 3.05) is 13.1 Å². The summed E-state index contributed by atoms with van der Waals surface area (Å²) in [6, 6.07) is -0.387. The third kappa shape index (κ3) is 3.46. The van der Waals surface area contributed by atoms with Crippen LogP contribution in [-0.4, -0.2) is 107 Å². The van der Waals surface area contributed by atoms with Gasteiger partial charge < -0.3 is 40.1 Å². The van der Waals surface area contributed by atoms with Gasteiger partial charge in [-0.05, 0) is 65.2 Å². The summed E-state index contributed by atoms with van der Waals surface area (Å²) >= 11 is 0. The number of fused-ring (bicyclic) bond motifs is 5. The van der Waals surface area contributed by atoms with E-state index >= 15 is 0 Å². The van der Waals surface area contributed by atoms with Crippen molar-refractivity contribution >= 4 is 18.4 Å². The largest absolute Gasteiger partial charge is 0.453 e. The number of hydrogen-bond acceptors (Lipinski definition) is 10. The van der Waals surface area contributed by atoms with E-state index in [0.29, 0.717) is 50.1 Å². The van der Waals surface area contributed by atoms with E-state index in [9.17, 15) is 35.4 Å². The highest BCUT2D eigenvalue weighted by molar-refractivity contribution is 5.87. The van der Waals surface area contributed by atoms with Gasteiger partial charge in [0.05, 0.1) is 11.7 Å². The number of allylic oxidation sites excluding steroid dienone is 1. The summed E-state index contributed by atoms with van der Waals surface area (Å²) in [5, 5.41) is 73.9. The first-order valence-electron chi connectivity index (χ1n) is 16.0. The number of aliphatic hydroxyl groups is 6. The third-order valence-corrected chi connectivity index (χ3v) is 14.1. The third-order valence-electron chi connectivity index (χ3n) is 14.1. The fourth-order valence-electron chi connectivity index (χ4n) is 11.8. The average Bonchev–Trinajstić information content (AvgIpc) is 3.09. The molecule has 4 saturated carbocycles. The van der Waals surface area contributed by atoms with Gasteiger partial charge in [0.2, 0.25) is 5.79 Å². The van der Waals surface area contributed by atoms with Gasteiger partial charge in [-0.3, -0.25) is 4.90 Å². The Kier molecular flexibility index (Phi) is 7.01. The zero-order chi connectivity index (χ0) is 30.5. The molecule has 6 N–H and O–H groups in total. The van der Waals surface area contributed by atoms with Crippen LogP contribution in [0.1, 0.15) is 86.0 Å². The Labute approximate surface area is 259 Å². The van der Waals surface area contributed by atoms with Crippen molar-refractivity contribution in [2.45, 2.75) is 138 Å². The Hall–Kier alpha value is -0.820. The first kappa shape index (κ1) is 32.1. The number of hydrogen-bond donors (Lipinski definition) is 6. The molecule has 4 bridgehead atoms. The second-order valence-electron chi connectivity index (χ2n) is 15.7. The zero-order valence-electron chi connectivity index (χ0n) is 26.0. The quantitative estimate of drug-likeness (QED) is 0.195. The van der Waals surface area contributed by atoms with Crippen molar-refractivity contribution in [3.63, 3.8) is 0 Å². The van der Waals surface area contributed by atoms with Crippen molar-refractivity contribution in [3.8, 4) is 0 Å². The molecular weight excluding hydrogens is 578 g/mol. The van der Waals surface area contributed by atoms with Gasteiger partial charge >= 0.3 is 5.97 Å². The van der Waals surface area contributed by atoms with Crippen molar-refractivity contribution in [2.24, 2.45) is 29.1 Å². The van der Waals surface area contributed by atoms with Crippen LogP contribution in [0.15, 0.2) is 11.6 Å². The minimum Gasteiger partial charge on any atom is -0.453 e. The number of esters is 1. The average molecular weight is 628 g/mol. The lowest BCUT2D eigenvalue weighted by Crippen LogP contribution is -2.85. The highest BCUT2D eigenvalue weighted by atomic mass is 35.5. The summed E-state index contributed by atoms with van der Waals surface area (Å²) < 4.78 is 12.6. The van der Waals surface area contributed by atoms with Gasteiger partial charge in [-0.25, -0.2) is 4.79 Å². The lowest BCUT2D eigenvalue weighted by atomic mass is 9.49. The molecule has 0 radical (unpaired) electrons. The summed E-state index contributed by atoms with van der Waals surface area (Å²) in [7, 11) is 0. The van der Waals surface area contributed by atoms with Crippen LogP contribution in [0.2, 0.25) is 0 Å². The maximum Gasteiger partial charge on any atom is 0.333 e. The molecule has 3 saturated heterocycles. The summed E-state index contributed by atoms with van der Waals surface area (Å²) in [6.45, 7) is 10.1. The Balaban J connectivity index is 0.00000329. The lowest BCUT2D eigenvalue weighted by Gasteiger charge is -2.68. The number of rotatable bonds is 2. The highest BCUT2D eigenvalue weighted by Crippen LogP contribution is 2.78. The maximum atomic E-state index is 12.9. The second kappa shape index (κ2) is 9.38. The molecule has 3 aliphatic heterocycles. The van der Waals surface area contributed by atoms with Crippen molar-refractivity contribution in [1.29, 1.82) is 0 Å². The summed E-state index contributed by atoms with van der Waals surface area (Å²) in [6.07, 6.45) is 2.30. The van der Waals surface area contributed by atoms with Crippen molar-refractivity contribution in [3.05, 3.63) is 11.6 Å². The zero-order valence-corrected chi connectivity index (χ0v) is 26.8. The molecule has 7 aliphatic rings. The maximum absolute atomic E-state index is 12.9. The molecule has 0 aromatic rings. The van der Waals surface area contributed by atoms with Crippen LogP contribution in [0.3, 0.4) is 0 Å². The van der Waals surface area contributed by atoms with Crippen molar-refractivity contribution in [1.82, 2.24) is 4.90 Å². The van der Waals surface area contributed by atoms with E-state index in [1.165, 1.54) is 0 Å². The molecule has 7 fully saturated rings. The molecule has 1 spiro atoms. The Morgan fingerprint density at radius 2 is 1.63 bits per heavy atom. The minimum absolute atomic E-state index is 0. The molecule has 0 unspecified atom stereocenters. The number of carbonyl (C=O) groups excluding carboxylic acids is 1. The molecule has 0 amide bonds. The van der Waals surface area contributed by atoms with E-state index in [1.807, 2.05) is 6.92 Å².